The predicted molar refractivity (Wildman–Crippen MR) is 88.8 cm³/mol. The van der Waals surface area contributed by atoms with Crippen LogP contribution in [0.4, 0.5) is 8.78 Å². The molecule has 0 fully saturated rings. The molecule has 6 nitrogen and oxygen atoms in total. The maximum Gasteiger partial charge on any atom is 0.387 e. The van der Waals surface area contributed by atoms with Gasteiger partial charge in [0.1, 0.15) is 34.0 Å². The van der Waals surface area contributed by atoms with Crippen molar-refractivity contribution in [3.63, 3.8) is 0 Å². The first-order valence-electron chi connectivity index (χ1n) is 6.83. The lowest BCUT2D eigenvalue weighted by molar-refractivity contribution is -0.0498. The van der Waals surface area contributed by atoms with Gasteiger partial charge in [0.15, 0.2) is 11.4 Å². The Balaban J connectivity index is 1.95. The van der Waals surface area contributed by atoms with Crippen molar-refractivity contribution in [2.45, 2.75) is 16.7 Å². The Bertz CT molecular complexity index is 988. The van der Waals surface area contributed by atoms with Crippen LogP contribution in [0.1, 0.15) is 17.0 Å². The van der Waals surface area contributed by atoms with Gasteiger partial charge in [-0.1, -0.05) is 23.5 Å². The van der Waals surface area contributed by atoms with Crippen LogP contribution in [0.2, 0.25) is 0 Å². The van der Waals surface area contributed by atoms with Crippen LogP contribution in [-0.2, 0) is 0 Å². The number of hydrogen-bond donors (Lipinski definition) is 0. The molecule has 0 aliphatic carbocycles. The van der Waals surface area contributed by atoms with Crippen molar-refractivity contribution in [2.75, 3.05) is 0 Å². The van der Waals surface area contributed by atoms with E-state index in [1.807, 2.05) is 12.1 Å². The first kappa shape index (κ1) is 17.7. The smallest absolute Gasteiger partial charge is 0.387 e. The number of ether oxygens (including phenoxy) is 1. The summed E-state index contributed by atoms with van der Waals surface area (Å²) in [6.07, 6.45) is 0. The fourth-order valence-corrected chi connectivity index (χ4v) is 4.34. The van der Waals surface area contributed by atoms with E-state index in [4.69, 9.17) is 10.5 Å². The minimum absolute atomic E-state index is 0.0123. The van der Waals surface area contributed by atoms with Gasteiger partial charge in [-0.2, -0.15) is 24.6 Å². The molecule has 1 aliphatic rings. The summed E-state index contributed by atoms with van der Waals surface area (Å²) in [4.78, 5) is 8.20. The number of nitrogens with zero attached hydrogens (tertiary/aromatic N) is 5. The number of alkyl halides is 2. The van der Waals surface area contributed by atoms with Gasteiger partial charge < -0.3 is 4.74 Å². The lowest BCUT2D eigenvalue weighted by Crippen LogP contribution is -2.01. The fraction of sp³-hybridized carbons (Fsp3) is 0.0625. The molecule has 10 heteroatoms. The molecular formula is C16H5F2N5OS2. The van der Waals surface area contributed by atoms with E-state index in [0.29, 0.717) is 25.4 Å². The lowest BCUT2D eigenvalue weighted by atomic mass is 10.1. The van der Waals surface area contributed by atoms with Crippen molar-refractivity contribution in [1.82, 2.24) is 9.97 Å². The van der Waals surface area contributed by atoms with Gasteiger partial charge in [0.2, 0.25) is 0 Å². The van der Waals surface area contributed by atoms with E-state index in [1.54, 1.807) is 0 Å². The molecule has 26 heavy (non-hydrogen) atoms. The van der Waals surface area contributed by atoms with E-state index in [9.17, 15) is 14.0 Å². The zero-order valence-electron chi connectivity index (χ0n) is 12.6. The van der Waals surface area contributed by atoms with Crippen LogP contribution in [0.3, 0.4) is 0 Å². The summed E-state index contributed by atoms with van der Waals surface area (Å²) in [5, 5.41) is 28.4. The highest BCUT2D eigenvalue weighted by molar-refractivity contribution is 8.24. The van der Waals surface area contributed by atoms with Gasteiger partial charge in [-0.05, 0) is 29.8 Å². The highest BCUT2D eigenvalue weighted by Gasteiger charge is 2.27. The molecule has 0 bridgehead atoms. The number of benzene rings is 1. The second-order valence-corrected chi connectivity index (χ2v) is 6.89. The molecule has 1 aromatic carbocycles. The molecule has 3 rings (SSSR count). The van der Waals surface area contributed by atoms with Gasteiger partial charge in [0.05, 0.1) is 9.81 Å². The zero-order valence-corrected chi connectivity index (χ0v) is 14.2. The number of fused-ring (bicyclic) bond motifs is 1. The molecule has 0 atom stereocenters. The Morgan fingerprint density at radius 1 is 0.962 bits per heavy atom. The van der Waals surface area contributed by atoms with E-state index in [-0.39, 0.29) is 17.1 Å². The number of thioether (sulfide) groups is 2. The monoisotopic (exact) mass is 385 g/mol. The number of nitriles is 3. The number of allylic oxidation sites excluding steroid dienone is 1. The Hall–Kier alpha value is -3.13. The lowest BCUT2D eigenvalue weighted by Gasteiger charge is -2.06. The summed E-state index contributed by atoms with van der Waals surface area (Å²) in [7, 11) is 0. The quantitative estimate of drug-likeness (QED) is 0.732. The summed E-state index contributed by atoms with van der Waals surface area (Å²) in [5.74, 6) is -0.0123. The average Bonchev–Trinajstić information content (AvgIpc) is 3.04. The molecule has 0 spiro atoms. The second kappa shape index (κ2) is 7.40. The van der Waals surface area contributed by atoms with E-state index in [2.05, 4.69) is 20.8 Å². The molecule has 1 aromatic heterocycles. The Morgan fingerprint density at radius 2 is 1.50 bits per heavy atom. The predicted octanol–water partition coefficient (Wildman–Crippen LogP) is 3.91. The van der Waals surface area contributed by atoms with Gasteiger partial charge in [0.25, 0.3) is 0 Å². The minimum Gasteiger partial charge on any atom is -0.435 e. The third-order valence-electron chi connectivity index (χ3n) is 3.11. The summed E-state index contributed by atoms with van der Waals surface area (Å²) < 4.78 is 29.3. The highest BCUT2D eigenvalue weighted by atomic mass is 32.2. The van der Waals surface area contributed by atoms with E-state index < -0.39 is 6.61 Å². The maximum absolute atomic E-state index is 12.2. The SMILES string of the molecule is N#CC(=C1Sc2nc(C#N)c(C#N)nc2S1)c1ccc(OC(F)F)cc1. The molecule has 0 saturated carbocycles. The molecule has 0 saturated heterocycles. The van der Waals surface area contributed by atoms with Crippen LogP contribution in [0.15, 0.2) is 38.6 Å². The van der Waals surface area contributed by atoms with Crippen molar-refractivity contribution in [3.8, 4) is 24.0 Å². The molecule has 1 aliphatic heterocycles. The Kier molecular flexibility index (Phi) is 5.04. The number of rotatable bonds is 3. The Morgan fingerprint density at radius 3 is 1.92 bits per heavy atom. The topological polar surface area (TPSA) is 106 Å². The van der Waals surface area contributed by atoms with Crippen molar-refractivity contribution in [1.29, 1.82) is 15.8 Å². The van der Waals surface area contributed by atoms with Crippen LogP contribution >= 0.6 is 23.5 Å². The molecule has 2 aromatic rings. The van der Waals surface area contributed by atoms with Crippen molar-refractivity contribution in [2.24, 2.45) is 0 Å². The molecule has 2 heterocycles. The van der Waals surface area contributed by atoms with Crippen molar-refractivity contribution >= 4 is 29.1 Å². The first-order chi connectivity index (χ1) is 12.5. The number of aromatic nitrogens is 2. The molecule has 0 amide bonds. The van der Waals surface area contributed by atoms with Gasteiger partial charge in [-0.15, -0.1) is 0 Å². The highest BCUT2D eigenvalue weighted by Crippen LogP contribution is 2.52. The van der Waals surface area contributed by atoms with Gasteiger partial charge in [-0.3, -0.25) is 0 Å². The Labute approximate surface area is 154 Å². The zero-order chi connectivity index (χ0) is 18.7. The summed E-state index contributed by atoms with van der Waals surface area (Å²) in [6, 6.07) is 11.4. The third-order valence-corrected chi connectivity index (χ3v) is 5.47. The first-order valence-corrected chi connectivity index (χ1v) is 8.46. The molecule has 0 radical (unpaired) electrons. The standard InChI is InChI=1S/C16H5F2N5OS2/c17-16(18)24-9-3-1-8(2-4-9)10(5-19)15-25-13-14(26-15)23-12(7-21)11(6-20)22-13/h1-4,16H. The molecule has 126 valence electrons. The van der Waals surface area contributed by atoms with Gasteiger partial charge >= 0.3 is 6.61 Å². The van der Waals surface area contributed by atoms with Gasteiger partial charge in [0, 0.05) is 0 Å². The van der Waals surface area contributed by atoms with E-state index >= 15 is 0 Å². The van der Waals surface area contributed by atoms with Crippen molar-refractivity contribution in [3.05, 3.63) is 45.5 Å². The van der Waals surface area contributed by atoms with Crippen molar-refractivity contribution < 1.29 is 13.5 Å². The maximum atomic E-state index is 12.2. The van der Waals surface area contributed by atoms with Crippen LogP contribution in [0.25, 0.3) is 5.57 Å². The van der Waals surface area contributed by atoms with E-state index in [0.717, 1.165) is 23.5 Å². The van der Waals surface area contributed by atoms with Crippen LogP contribution in [0, 0.1) is 34.0 Å². The van der Waals surface area contributed by atoms with Crippen LogP contribution in [-0.4, -0.2) is 16.6 Å². The number of hydrogen-bond acceptors (Lipinski definition) is 8. The normalized spacial score (nSPS) is 12.1. The number of halogens is 2. The minimum atomic E-state index is -2.93. The summed E-state index contributed by atoms with van der Waals surface area (Å²) >= 11 is 2.32. The molecule has 0 unspecified atom stereocenters. The largest absolute Gasteiger partial charge is 0.435 e. The molecule has 0 N–H and O–H groups in total. The van der Waals surface area contributed by atoms with E-state index in [1.165, 1.54) is 24.3 Å². The van der Waals surface area contributed by atoms with Crippen LogP contribution in [0.5, 0.6) is 5.75 Å². The fourth-order valence-electron chi connectivity index (χ4n) is 2.02. The van der Waals surface area contributed by atoms with Gasteiger partial charge in [-0.25, -0.2) is 9.97 Å². The van der Waals surface area contributed by atoms with Crippen LogP contribution < -0.4 is 4.74 Å². The summed E-state index contributed by atoms with van der Waals surface area (Å²) in [6.45, 7) is -2.93. The average molecular weight is 385 g/mol. The second-order valence-electron chi connectivity index (χ2n) is 4.64. The third kappa shape index (κ3) is 3.45. The summed E-state index contributed by atoms with van der Waals surface area (Å²) in [5.41, 5.74) is 0.665. The molecular weight excluding hydrogens is 380 g/mol.